The summed E-state index contributed by atoms with van der Waals surface area (Å²) in [5.41, 5.74) is 1.20. The highest BCUT2D eigenvalue weighted by atomic mass is 16.5. The van der Waals surface area contributed by atoms with Crippen LogP contribution in [0, 0.1) is 0 Å². The van der Waals surface area contributed by atoms with Gasteiger partial charge in [0, 0.05) is 37.8 Å². The molecule has 2 N–H and O–H groups in total. The van der Waals surface area contributed by atoms with Crippen LogP contribution in [-0.2, 0) is 6.54 Å². The molecular weight excluding hydrogens is 240 g/mol. The van der Waals surface area contributed by atoms with Gasteiger partial charge in [0.05, 0.1) is 6.10 Å². The molecule has 1 unspecified atom stereocenters. The van der Waals surface area contributed by atoms with Crippen molar-refractivity contribution in [3.8, 4) is 5.75 Å². The lowest BCUT2D eigenvalue weighted by Crippen LogP contribution is -2.40. The van der Waals surface area contributed by atoms with Gasteiger partial charge in [0.25, 0.3) is 0 Å². The molecular formula is C15H24N2O2. The van der Waals surface area contributed by atoms with Crippen molar-refractivity contribution in [1.29, 1.82) is 0 Å². The third-order valence-corrected chi connectivity index (χ3v) is 3.26. The molecule has 0 saturated heterocycles. The van der Waals surface area contributed by atoms with E-state index in [9.17, 15) is 5.11 Å². The summed E-state index contributed by atoms with van der Waals surface area (Å²) in [7, 11) is 0. The molecule has 1 aromatic rings. The lowest BCUT2D eigenvalue weighted by molar-refractivity contribution is 0.102. The van der Waals surface area contributed by atoms with Gasteiger partial charge >= 0.3 is 0 Å². The minimum absolute atomic E-state index is 0.340. The monoisotopic (exact) mass is 264 g/mol. The highest BCUT2D eigenvalue weighted by Crippen LogP contribution is 2.22. The third-order valence-electron chi connectivity index (χ3n) is 3.26. The van der Waals surface area contributed by atoms with E-state index in [0.717, 1.165) is 18.8 Å². The molecule has 0 bridgehead atoms. The first-order valence-electron chi connectivity index (χ1n) is 6.99. The normalized spacial score (nSPS) is 17.7. The predicted octanol–water partition coefficient (Wildman–Crippen LogP) is 1.24. The number of rotatable bonds is 5. The van der Waals surface area contributed by atoms with E-state index in [4.69, 9.17) is 4.74 Å². The van der Waals surface area contributed by atoms with E-state index in [1.54, 1.807) is 0 Å². The standard InChI is InChI=1S/C15H24N2O2/c1-12(2)16-9-14(18)11-17-7-8-19-15-6-4-3-5-13(15)10-17/h3-6,12,14,16,18H,7-11H2,1-2H3. The fourth-order valence-corrected chi connectivity index (χ4v) is 2.27. The summed E-state index contributed by atoms with van der Waals surface area (Å²) < 4.78 is 5.72. The van der Waals surface area contributed by atoms with Crippen molar-refractivity contribution in [2.24, 2.45) is 0 Å². The molecule has 0 fully saturated rings. The first-order valence-corrected chi connectivity index (χ1v) is 6.99. The van der Waals surface area contributed by atoms with Gasteiger partial charge in [-0.2, -0.15) is 0 Å². The highest BCUT2D eigenvalue weighted by molar-refractivity contribution is 5.33. The largest absolute Gasteiger partial charge is 0.492 e. The zero-order valence-corrected chi connectivity index (χ0v) is 11.8. The molecule has 0 amide bonds. The Hall–Kier alpha value is -1.10. The Bertz CT molecular complexity index is 395. The number of ether oxygens (including phenoxy) is 1. The van der Waals surface area contributed by atoms with Gasteiger partial charge in [0.2, 0.25) is 0 Å². The maximum absolute atomic E-state index is 10.0. The van der Waals surface area contributed by atoms with E-state index in [2.05, 4.69) is 30.1 Å². The Morgan fingerprint density at radius 1 is 1.37 bits per heavy atom. The first kappa shape index (κ1) is 14.3. The Balaban J connectivity index is 1.88. The van der Waals surface area contributed by atoms with Gasteiger partial charge in [-0.05, 0) is 6.07 Å². The number of hydrogen-bond acceptors (Lipinski definition) is 4. The van der Waals surface area contributed by atoms with Gasteiger partial charge in [0.1, 0.15) is 12.4 Å². The van der Waals surface area contributed by atoms with Crippen molar-refractivity contribution >= 4 is 0 Å². The Morgan fingerprint density at radius 3 is 2.95 bits per heavy atom. The Morgan fingerprint density at radius 2 is 2.16 bits per heavy atom. The SMILES string of the molecule is CC(C)NCC(O)CN1CCOc2ccccc2C1. The summed E-state index contributed by atoms with van der Waals surface area (Å²) in [5, 5.41) is 13.3. The van der Waals surface area contributed by atoms with E-state index in [0.29, 0.717) is 25.7 Å². The van der Waals surface area contributed by atoms with Gasteiger partial charge in [-0.25, -0.2) is 0 Å². The van der Waals surface area contributed by atoms with Gasteiger partial charge in [0.15, 0.2) is 0 Å². The number of nitrogens with one attached hydrogen (secondary N) is 1. The molecule has 1 atom stereocenters. The second kappa shape index (κ2) is 6.89. The topological polar surface area (TPSA) is 44.7 Å². The lowest BCUT2D eigenvalue weighted by atomic mass is 10.2. The molecule has 0 aliphatic carbocycles. The van der Waals surface area contributed by atoms with Crippen LogP contribution in [-0.4, -0.2) is 48.4 Å². The third kappa shape index (κ3) is 4.49. The number of aliphatic hydroxyl groups excluding tert-OH is 1. The van der Waals surface area contributed by atoms with Crippen LogP contribution in [0.3, 0.4) is 0 Å². The highest BCUT2D eigenvalue weighted by Gasteiger charge is 2.17. The zero-order valence-electron chi connectivity index (χ0n) is 11.8. The van der Waals surface area contributed by atoms with Gasteiger partial charge in [-0.15, -0.1) is 0 Å². The fourth-order valence-electron chi connectivity index (χ4n) is 2.27. The maximum Gasteiger partial charge on any atom is 0.123 e. The molecule has 4 heteroatoms. The minimum atomic E-state index is -0.340. The van der Waals surface area contributed by atoms with Crippen molar-refractivity contribution in [1.82, 2.24) is 10.2 Å². The molecule has 0 spiro atoms. The molecule has 1 heterocycles. The number of fused-ring (bicyclic) bond motifs is 1. The minimum Gasteiger partial charge on any atom is -0.492 e. The average Bonchev–Trinajstić information content (AvgIpc) is 2.58. The fraction of sp³-hybridized carbons (Fsp3) is 0.600. The first-order chi connectivity index (χ1) is 9.15. The summed E-state index contributed by atoms with van der Waals surface area (Å²) in [6.45, 7) is 7.86. The molecule has 106 valence electrons. The van der Waals surface area contributed by atoms with Gasteiger partial charge in [-0.1, -0.05) is 32.0 Å². The molecule has 1 aromatic carbocycles. The average molecular weight is 264 g/mol. The summed E-state index contributed by atoms with van der Waals surface area (Å²) in [6.07, 6.45) is -0.340. The molecule has 2 rings (SSSR count). The summed E-state index contributed by atoms with van der Waals surface area (Å²) >= 11 is 0. The number of aliphatic hydroxyl groups is 1. The van der Waals surface area contributed by atoms with Crippen LogP contribution in [0.4, 0.5) is 0 Å². The molecule has 1 aliphatic rings. The van der Waals surface area contributed by atoms with Crippen LogP contribution >= 0.6 is 0 Å². The summed E-state index contributed by atoms with van der Waals surface area (Å²) in [5.74, 6) is 0.972. The maximum atomic E-state index is 10.0. The number of hydrogen-bond donors (Lipinski definition) is 2. The number of β-amino-alcohol motifs (C(OH)–C–C–N with tert-alkyl or cyclic N) is 1. The molecule has 0 radical (unpaired) electrons. The van der Waals surface area contributed by atoms with E-state index in [1.165, 1.54) is 5.56 Å². The Kier molecular flexibility index (Phi) is 5.19. The summed E-state index contributed by atoms with van der Waals surface area (Å²) in [6, 6.07) is 8.53. The number of nitrogens with zero attached hydrogens (tertiary/aromatic N) is 1. The van der Waals surface area contributed by atoms with Crippen molar-refractivity contribution in [2.75, 3.05) is 26.2 Å². The molecule has 19 heavy (non-hydrogen) atoms. The van der Waals surface area contributed by atoms with Crippen LogP contribution in [0.5, 0.6) is 5.75 Å². The second-order valence-corrected chi connectivity index (χ2v) is 5.41. The van der Waals surface area contributed by atoms with Gasteiger partial charge in [-0.3, -0.25) is 4.90 Å². The smallest absolute Gasteiger partial charge is 0.123 e. The second-order valence-electron chi connectivity index (χ2n) is 5.41. The van der Waals surface area contributed by atoms with Crippen LogP contribution in [0.15, 0.2) is 24.3 Å². The number of benzene rings is 1. The van der Waals surface area contributed by atoms with E-state index < -0.39 is 0 Å². The quantitative estimate of drug-likeness (QED) is 0.840. The van der Waals surface area contributed by atoms with Crippen LogP contribution in [0.1, 0.15) is 19.4 Å². The van der Waals surface area contributed by atoms with E-state index in [-0.39, 0.29) is 6.10 Å². The molecule has 0 saturated carbocycles. The molecule has 0 aromatic heterocycles. The lowest BCUT2D eigenvalue weighted by Gasteiger charge is -2.23. The number of para-hydroxylation sites is 1. The summed E-state index contributed by atoms with van der Waals surface area (Å²) in [4.78, 5) is 2.25. The Labute approximate surface area is 115 Å². The van der Waals surface area contributed by atoms with Crippen molar-refractivity contribution in [2.45, 2.75) is 32.5 Å². The van der Waals surface area contributed by atoms with Crippen LogP contribution in [0.25, 0.3) is 0 Å². The van der Waals surface area contributed by atoms with Crippen LogP contribution in [0.2, 0.25) is 0 Å². The van der Waals surface area contributed by atoms with Crippen molar-refractivity contribution < 1.29 is 9.84 Å². The zero-order chi connectivity index (χ0) is 13.7. The van der Waals surface area contributed by atoms with E-state index >= 15 is 0 Å². The van der Waals surface area contributed by atoms with Crippen molar-refractivity contribution in [3.05, 3.63) is 29.8 Å². The van der Waals surface area contributed by atoms with Crippen LogP contribution < -0.4 is 10.1 Å². The predicted molar refractivity (Wildman–Crippen MR) is 76.4 cm³/mol. The van der Waals surface area contributed by atoms with E-state index in [1.807, 2.05) is 18.2 Å². The van der Waals surface area contributed by atoms with Gasteiger partial charge < -0.3 is 15.2 Å². The molecule has 1 aliphatic heterocycles. The van der Waals surface area contributed by atoms with Crippen molar-refractivity contribution in [3.63, 3.8) is 0 Å². The molecule has 4 nitrogen and oxygen atoms in total.